The molecule has 0 amide bonds. The van der Waals surface area contributed by atoms with Gasteiger partial charge in [-0.1, -0.05) is 24.7 Å². The predicted molar refractivity (Wildman–Crippen MR) is 67.6 cm³/mol. The van der Waals surface area contributed by atoms with Gasteiger partial charge in [0.25, 0.3) is 0 Å². The van der Waals surface area contributed by atoms with Gasteiger partial charge in [0, 0.05) is 13.0 Å². The van der Waals surface area contributed by atoms with Crippen LogP contribution < -0.4 is 4.57 Å². The van der Waals surface area contributed by atoms with Crippen LogP contribution in [0.3, 0.4) is 0 Å². The van der Waals surface area contributed by atoms with Crippen molar-refractivity contribution in [1.82, 2.24) is 0 Å². The van der Waals surface area contributed by atoms with Crippen LogP contribution in [0, 0.1) is 6.92 Å². The molecule has 0 saturated carbocycles. The second kappa shape index (κ2) is 4.52. The minimum atomic E-state index is -0.317. The third-order valence-corrected chi connectivity index (χ3v) is 4.14. The van der Waals surface area contributed by atoms with E-state index in [1.165, 1.54) is 15.2 Å². The Morgan fingerprint density at radius 2 is 2.19 bits per heavy atom. The van der Waals surface area contributed by atoms with Crippen LogP contribution in [0.25, 0.3) is 10.2 Å². The topological polar surface area (TPSA) is 24.1 Å². The number of aromatic nitrogens is 1. The van der Waals surface area contributed by atoms with Gasteiger partial charge < -0.3 is 5.11 Å². The normalized spacial score (nSPS) is 13.2. The summed E-state index contributed by atoms with van der Waals surface area (Å²) in [4.78, 5) is 0. The molecule has 0 aliphatic carbocycles. The first-order chi connectivity index (χ1) is 7.63. The number of aliphatic hydroxyl groups is 1. The van der Waals surface area contributed by atoms with E-state index in [9.17, 15) is 5.11 Å². The lowest BCUT2D eigenvalue weighted by Gasteiger charge is -2.08. The van der Waals surface area contributed by atoms with E-state index >= 15 is 0 Å². The molecular weight excluding hydrogens is 218 g/mol. The number of aryl methyl sites for hydroxylation is 2. The van der Waals surface area contributed by atoms with Crippen molar-refractivity contribution in [3.8, 4) is 0 Å². The lowest BCUT2D eigenvalue weighted by Crippen LogP contribution is -2.28. The zero-order chi connectivity index (χ0) is 11.7. The van der Waals surface area contributed by atoms with Gasteiger partial charge in [0.2, 0.25) is 10.5 Å². The van der Waals surface area contributed by atoms with Crippen molar-refractivity contribution < 1.29 is 9.67 Å². The van der Waals surface area contributed by atoms with Gasteiger partial charge in [-0.2, -0.15) is 4.57 Å². The van der Waals surface area contributed by atoms with E-state index in [1.54, 1.807) is 11.3 Å². The van der Waals surface area contributed by atoms with Gasteiger partial charge in [0.1, 0.15) is 11.7 Å². The number of hydrogen-bond donors (Lipinski definition) is 1. The number of fused-ring (bicyclic) bond motifs is 1. The summed E-state index contributed by atoms with van der Waals surface area (Å²) in [7, 11) is 2.08. The van der Waals surface area contributed by atoms with Crippen LogP contribution in [0.15, 0.2) is 18.2 Å². The molecule has 3 heteroatoms. The first-order valence-electron chi connectivity index (χ1n) is 5.70. The number of hydrogen-bond acceptors (Lipinski definition) is 2. The molecule has 2 aromatic rings. The largest absolute Gasteiger partial charge is 0.388 e. The van der Waals surface area contributed by atoms with E-state index in [0.29, 0.717) is 0 Å². The fourth-order valence-corrected chi connectivity index (χ4v) is 2.99. The Hall–Kier alpha value is -0.930. The number of benzene rings is 1. The van der Waals surface area contributed by atoms with Gasteiger partial charge in [-0.25, -0.2) is 0 Å². The number of thiazole rings is 1. The quantitative estimate of drug-likeness (QED) is 0.814. The highest BCUT2D eigenvalue weighted by Crippen LogP contribution is 2.25. The van der Waals surface area contributed by atoms with Gasteiger partial charge in [-0.05, 0) is 24.1 Å². The Morgan fingerprint density at radius 3 is 2.88 bits per heavy atom. The number of rotatable bonds is 3. The summed E-state index contributed by atoms with van der Waals surface area (Å²) in [5.74, 6) is 0. The molecule has 0 aliphatic rings. The van der Waals surface area contributed by atoms with E-state index in [4.69, 9.17) is 0 Å². The zero-order valence-electron chi connectivity index (χ0n) is 10.0. The van der Waals surface area contributed by atoms with Gasteiger partial charge in [0.15, 0.2) is 0 Å². The molecule has 0 radical (unpaired) electrons. The summed E-state index contributed by atoms with van der Waals surface area (Å²) in [6.45, 7) is 4.21. The van der Waals surface area contributed by atoms with Crippen molar-refractivity contribution in [2.75, 3.05) is 0 Å². The second-order valence-electron chi connectivity index (χ2n) is 4.21. The molecular formula is C13H18NOS+. The van der Waals surface area contributed by atoms with Crippen molar-refractivity contribution >= 4 is 21.6 Å². The summed E-state index contributed by atoms with van der Waals surface area (Å²) in [5.41, 5.74) is 2.28. The lowest BCUT2D eigenvalue weighted by atomic mass is 10.1. The lowest BCUT2D eigenvalue weighted by molar-refractivity contribution is -0.646. The molecule has 0 aliphatic heterocycles. The van der Waals surface area contributed by atoms with Gasteiger partial charge in [-0.3, -0.25) is 0 Å². The van der Waals surface area contributed by atoms with Crippen LogP contribution in [0.4, 0.5) is 0 Å². The van der Waals surface area contributed by atoms with E-state index in [1.807, 2.05) is 6.07 Å². The molecule has 1 N–H and O–H groups in total. The Balaban J connectivity index is 2.44. The van der Waals surface area contributed by atoms with Crippen LogP contribution in [-0.4, -0.2) is 5.11 Å². The van der Waals surface area contributed by atoms with Crippen LogP contribution in [-0.2, 0) is 7.05 Å². The minimum absolute atomic E-state index is 0.317. The molecule has 1 unspecified atom stereocenters. The van der Waals surface area contributed by atoms with Crippen molar-refractivity contribution in [1.29, 1.82) is 0 Å². The molecule has 0 saturated heterocycles. The van der Waals surface area contributed by atoms with Crippen molar-refractivity contribution in [2.24, 2.45) is 7.05 Å². The summed E-state index contributed by atoms with van der Waals surface area (Å²) in [6, 6.07) is 6.26. The summed E-state index contributed by atoms with van der Waals surface area (Å²) >= 11 is 1.78. The zero-order valence-corrected chi connectivity index (χ0v) is 10.8. The van der Waals surface area contributed by atoms with Crippen molar-refractivity contribution in [2.45, 2.75) is 32.8 Å². The monoisotopic (exact) mass is 236 g/mol. The van der Waals surface area contributed by atoms with Gasteiger partial charge >= 0.3 is 0 Å². The Bertz CT molecular complexity index is 504. The van der Waals surface area contributed by atoms with Crippen LogP contribution >= 0.6 is 11.3 Å². The molecule has 1 heterocycles. The molecule has 2 rings (SSSR count). The maximum absolute atomic E-state index is 9.95. The van der Waals surface area contributed by atoms with Crippen LogP contribution in [0.1, 0.15) is 36.4 Å². The third kappa shape index (κ3) is 1.97. The summed E-state index contributed by atoms with van der Waals surface area (Å²) < 4.78 is 3.45. The Kier molecular flexibility index (Phi) is 3.26. The molecule has 2 nitrogen and oxygen atoms in total. The molecule has 86 valence electrons. The summed E-state index contributed by atoms with van der Waals surface area (Å²) in [5, 5.41) is 11.2. The van der Waals surface area contributed by atoms with E-state index in [-0.39, 0.29) is 6.10 Å². The molecule has 1 atom stereocenters. The highest BCUT2D eigenvalue weighted by molar-refractivity contribution is 7.18. The van der Waals surface area contributed by atoms with E-state index in [0.717, 1.165) is 18.4 Å². The minimum Gasteiger partial charge on any atom is -0.388 e. The number of nitrogens with zero attached hydrogens (tertiary/aromatic N) is 1. The maximum atomic E-state index is 9.95. The average Bonchev–Trinajstić information content (AvgIpc) is 2.55. The van der Waals surface area contributed by atoms with Crippen LogP contribution in [0.2, 0.25) is 0 Å². The Morgan fingerprint density at radius 1 is 1.44 bits per heavy atom. The van der Waals surface area contributed by atoms with E-state index in [2.05, 4.69) is 37.6 Å². The standard InChI is InChI=1S/C13H18NOS/c1-4-5-12(15)10-6-7-11-13(8-10)16-9(2)14(11)3/h6-8,12,15H,4-5H2,1-3H3/q+1. The SMILES string of the molecule is CCCC(O)c1ccc2c(c1)sc(C)[n+]2C. The smallest absolute Gasteiger partial charge is 0.234 e. The molecule has 0 spiro atoms. The highest BCUT2D eigenvalue weighted by atomic mass is 32.1. The Labute approximate surface area is 100 Å². The highest BCUT2D eigenvalue weighted by Gasteiger charge is 2.15. The fourth-order valence-electron chi connectivity index (χ4n) is 1.93. The summed E-state index contributed by atoms with van der Waals surface area (Å²) in [6.07, 6.45) is 1.53. The van der Waals surface area contributed by atoms with Crippen LogP contribution in [0.5, 0.6) is 0 Å². The number of aliphatic hydroxyl groups excluding tert-OH is 1. The molecule has 1 aromatic carbocycles. The molecule has 16 heavy (non-hydrogen) atoms. The first kappa shape index (κ1) is 11.6. The predicted octanol–water partition coefficient (Wildman–Crippen LogP) is 2.87. The average molecular weight is 236 g/mol. The van der Waals surface area contributed by atoms with Gasteiger partial charge in [-0.15, -0.1) is 0 Å². The fraction of sp³-hybridized carbons (Fsp3) is 0.462. The third-order valence-electron chi connectivity index (χ3n) is 3.02. The van der Waals surface area contributed by atoms with Gasteiger partial charge in [0.05, 0.1) is 6.10 Å². The maximum Gasteiger partial charge on any atom is 0.234 e. The van der Waals surface area contributed by atoms with Crippen molar-refractivity contribution in [3.63, 3.8) is 0 Å². The molecule has 0 bridgehead atoms. The van der Waals surface area contributed by atoms with E-state index < -0.39 is 0 Å². The molecule has 1 aromatic heterocycles. The molecule has 0 fully saturated rings. The van der Waals surface area contributed by atoms with Crippen molar-refractivity contribution in [3.05, 3.63) is 28.8 Å². The second-order valence-corrected chi connectivity index (χ2v) is 5.45. The first-order valence-corrected chi connectivity index (χ1v) is 6.52.